The van der Waals surface area contributed by atoms with Crippen LogP contribution in [0.4, 0.5) is 13.2 Å². The van der Waals surface area contributed by atoms with Crippen molar-refractivity contribution in [3.05, 3.63) is 28.8 Å². The van der Waals surface area contributed by atoms with E-state index in [0.29, 0.717) is 6.07 Å². The number of Topliss-reactive ketones (excluding diaryl/α,β-unsaturated/α-hetero) is 1. The van der Waals surface area contributed by atoms with E-state index >= 15 is 0 Å². The van der Waals surface area contributed by atoms with Gasteiger partial charge in [-0.1, -0.05) is 0 Å². The molecule has 1 aromatic carbocycles. The third-order valence-electron chi connectivity index (χ3n) is 2.18. The molecule has 6 heteroatoms. The number of benzene rings is 1. The number of alkyl halides is 3. The average molecular weight is 246 g/mol. The molecule has 0 atom stereocenters. The maximum atomic E-state index is 12.7. The van der Waals surface area contributed by atoms with Gasteiger partial charge < -0.3 is 4.74 Å². The minimum absolute atomic E-state index is 0.0572. The van der Waals surface area contributed by atoms with E-state index in [4.69, 9.17) is 4.74 Å². The van der Waals surface area contributed by atoms with Crippen LogP contribution < -0.4 is 4.74 Å². The van der Waals surface area contributed by atoms with Gasteiger partial charge >= 0.3 is 6.18 Å². The maximum Gasteiger partial charge on any atom is 0.417 e. The molecule has 0 N–H and O–H groups in total. The van der Waals surface area contributed by atoms with Crippen molar-refractivity contribution < 1.29 is 27.5 Å². The molecule has 92 valence electrons. The number of methoxy groups -OCH3 is 1. The molecule has 0 amide bonds. The van der Waals surface area contributed by atoms with Gasteiger partial charge in [-0.2, -0.15) is 13.2 Å². The van der Waals surface area contributed by atoms with Crippen molar-refractivity contribution >= 4 is 12.1 Å². The lowest BCUT2D eigenvalue weighted by Crippen LogP contribution is -2.13. The highest BCUT2D eigenvalue weighted by molar-refractivity contribution is 5.97. The minimum atomic E-state index is -4.69. The SMILES string of the molecule is COc1cc(C(C)=O)c(C(F)(F)F)cc1C=O. The van der Waals surface area contributed by atoms with Gasteiger partial charge in [0.05, 0.1) is 18.2 Å². The van der Waals surface area contributed by atoms with Gasteiger partial charge in [-0.3, -0.25) is 9.59 Å². The van der Waals surface area contributed by atoms with Gasteiger partial charge in [0.2, 0.25) is 0 Å². The van der Waals surface area contributed by atoms with E-state index in [1.165, 1.54) is 7.11 Å². The number of halogens is 3. The van der Waals surface area contributed by atoms with Gasteiger partial charge in [0.1, 0.15) is 5.75 Å². The molecular weight excluding hydrogens is 237 g/mol. The molecule has 0 fully saturated rings. The Kier molecular flexibility index (Phi) is 3.55. The highest BCUT2D eigenvalue weighted by atomic mass is 19.4. The number of hydrogen-bond acceptors (Lipinski definition) is 3. The predicted octanol–water partition coefficient (Wildman–Crippen LogP) is 2.73. The van der Waals surface area contributed by atoms with Crippen LogP contribution in [0, 0.1) is 0 Å². The Morgan fingerprint density at radius 2 is 1.94 bits per heavy atom. The highest BCUT2D eigenvalue weighted by Crippen LogP contribution is 2.35. The van der Waals surface area contributed by atoms with Crippen molar-refractivity contribution in [2.24, 2.45) is 0 Å². The molecule has 0 aliphatic carbocycles. The molecule has 17 heavy (non-hydrogen) atoms. The molecule has 1 rings (SSSR count). The maximum absolute atomic E-state index is 12.7. The molecule has 0 saturated carbocycles. The van der Waals surface area contributed by atoms with Crippen molar-refractivity contribution in [3.63, 3.8) is 0 Å². The third kappa shape index (κ3) is 2.64. The van der Waals surface area contributed by atoms with Gasteiger partial charge in [0, 0.05) is 5.56 Å². The Labute approximate surface area is 95.2 Å². The zero-order valence-corrected chi connectivity index (χ0v) is 9.09. The summed E-state index contributed by atoms with van der Waals surface area (Å²) < 4.78 is 42.7. The van der Waals surface area contributed by atoms with Gasteiger partial charge in [0.25, 0.3) is 0 Å². The lowest BCUT2D eigenvalue weighted by atomic mass is 10.00. The Morgan fingerprint density at radius 1 is 1.35 bits per heavy atom. The molecule has 0 aliphatic heterocycles. The van der Waals surface area contributed by atoms with E-state index in [1.54, 1.807) is 0 Å². The van der Waals surface area contributed by atoms with Crippen LogP contribution in [-0.4, -0.2) is 19.2 Å². The molecular formula is C11H9F3O3. The van der Waals surface area contributed by atoms with E-state index in [-0.39, 0.29) is 17.6 Å². The fourth-order valence-electron chi connectivity index (χ4n) is 1.39. The summed E-state index contributed by atoms with van der Waals surface area (Å²) >= 11 is 0. The van der Waals surface area contributed by atoms with Crippen molar-refractivity contribution in [2.45, 2.75) is 13.1 Å². The van der Waals surface area contributed by atoms with E-state index in [2.05, 4.69) is 0 Å². The fourth-order valence-corrected chi connectivity index (χ4v) is 1.39. The van der Waals surface area contributed by atoms with E-state index in [1.807, 2.05) is 0 Å². The van der Waals surface area contributed by atoms with Crippen LogP contribution in [0.3, 0.4) is 0 Å². The zero-order valence-electron chi connectivity index (χ0n) is 9.09. The summed E-state index contributed by atoms with van der Waals surface area (Å²) in [6, 6.07) is 1.54. The number of aldehydes is 1. The molecule has 0 heterocycles. The summed E-state index contributed by atoms with van der Waals surface area (Å²) in [6.07, 6.45) is -4.44. The second kappa shape index (κ2) is 4.57. The first-order chi connectivity index (χ1) is 7.81. The van der Waals surface area contributed by atoms with Crippen molar-refractivity contribution in [2.75, 3.05) is 7.11 Å². The molecule has 0 saturated heterocycles. The summed E-state index contributed by atoms with van der Waals surface area (Å²) in [6.45, 7) is 1.02. The van der Waals surface area contributed by atoms with Gasteiger partial charge in [-0.05, 0) is 19.1 Å². The van der Waals surface area contributed by atoms with Crippen LogP contribution in [0.2, 0.25) is 0 Å². The van der Waals surface area contributed by atoms with Gasteiger partial charge in [0.15, 0.2) is 12.1 Å². The van der Waals surface area contributed by atoms with E-state index in [9.17, 15) is 22.8 Å². The number of ether oxygens (including phenoxy) is 1. The summed E-state index contributed by atoms with van der Waals surface area (Å²) in [5, 5.41) is 0. The Hall–Kier alpha value is -1.85. The summed E-state index contributed by atoms with van der Waals surface area (Å²) in [5.74, 6) is -0.800. The summed E-state index contributed by atoms with van der Waals surface area (Å²) in [4.78, 5) is 21.8. The quantitative estimate of drug-likeness (QED) is 0.608. The standard InChI is InChI=1S/C11H9F3O3/c1-6(16)8-4-10(17-2)7(5-15)3-9(8)11(12,13)14/h3-5H,1-2H3. The molecule has 1 aromatic rings. The van der Waals surface area contributed by atoms with Crippen molar-refractivity contribution in [1.29, 1.82) is 0 Å². The number of hydrogen-bond donors (Lipinski definition) is 0. The first-order valence-electron chi connectivity index (χ1n) is 4.56. The Bertz CT molecular complexity index is 464. The Balaban J connectivity index is 3.57. The van der Waals surface area contributed by atoms with E-state index in [0.717, 1.165) is 13.0 Å². The summed E-state index contributed by atoms with van der Waals surface area (Å²) in [5.41, 5.74) is -1.89. The van der Waals surface area contributed by atoms with Crippen LogP contribution in [0.1, 0.15) is 33.2 Å². The average Bonchev–Trinajstić information content (AvgIpc) is 2.25. The lowest BCUT2D eigenvalue weighted by Gasteiger charge is -2.13. The Morgan fingerprint density at radius 3 is 2.29 bits per heavy atom. The molecule has 0 bridgehead atoms. The second-order valence-electron chi connectivity index (χ2n) is 3.31. The topological polar surface area (TPSA) is 43.4 Å². The highest BCUT2D eigenvalue weighted by Gasteiger charge is 2.35. The third-order valence-corrected chi connectivity index (χ3v) is 2.18. The molecule has 0 radical (unpaired) electrons. The fraction of sp³-hybridized carbons (Fsp3) is 0.273. The zero-order chi connectivity index (χ0) is 13.2. The van der Waals surface area contributed by atoms with Crippen LogP contribution in [0.25, 0.3) is 0 Å². The molecule has 0 aliphatic rings. The van der Waals surface area contributed by atoms with Crippen LogP contribution in [-0.2, 0) is 6.18 Å². The van der Waals surface area contributed by atoms with Gasteiger partial charge in [-0.15, -0.1) is 0 Å². The largest absolute Gasteiger partial charge is 0.496 e. The second-order valence-corrected chi connectivity index (χ2v) is 3.31. The van der Waals surface area contributed by atoms with Crippen molar-refractivity contribution in [3.8, 4) is 5.75 Å². The molecule has 0 spiro atoms. The number of carbonyl (C=O) groups is 2. The number of rotatable bonds is 3. The lowest BCUT2D eigenvalue weighted by molar-refractivity contribution is -0.137. The normalized spacial score (nSPS) is 11.1. The van der Waals surface area contributed by atoms with Crippen LogP contribution in [0.15, 0.2) is 12.1 Å². The molecule has 3 nitrogen and oxygen atoms in total. The van der Waals surface area contributed by atoms with E-state index < -0.39 is 23.1 Å². The minimum Gasteiger partial charge on any atom is -0.496 e. The van der Waals surface area contributed by atoms with Crippen molar-refractivity contribution in [1.82, 2.24) is 0 Å². The smallest absolute Gasteiger partial charge is 0.417 e. The predicted molar refractivity (Wildman–Crippen MR) is 53.4 cm³/mol. The monoisotopic (exact) mass is 246 g/mol. The van der Waals surface area contributed by atoms with Gasteiger partial charge in [-0.25, -0.2) is 0 Å². The van der Waals surface area contributed by atoms with Crippen LogP contribution >= 0.6 is 0 Å². The molecule has 0 aromatic heterocycles. The first kappa shape index (κ1) is 13.2. The number of carbonyl (C=O) groups excluding carboxylic acids is 2. The molecule has 0 unspecified atom stereocenters. The first-order valence-corrected chi connectivity index (χ1v) is 4.56. The van der Waals surface area contributed by atoms with Crippen LogP contribution in [0.5, 0.6) is 5.75 Å². The summed E-state index contributed by atoms with van der Waals surface area (Å²) in [7, 11) is 1.21. The number of ketones is 1.